The first-order valence-electron chi connectivity index (χ1n) is 11.1. The largest absolute Gasteiger partial charge is 0.341 e. The van der Waals surface area contributed by atoms with Gasteiger partial charge in [0.25, 0.3) is 0 Å². The van der Waals surface area contributed by atoms with Crippen LogP contribution in [-0.4, -0.2) is 11.5 Å². The number of aromatic nitrogens is 1. The molecule has 154 valence electrons. The molecule has 4 heteroatoms. The molecule has 1 N–H and O–H groups in total. The van der Waals surface area contributed by atoms with E-state index in [1.807, 2.05) is 6.07 Å². The number of nitrogens with one attached hydrogen (secondary N) is 1. The molecule has 3 aromatic carbocycles. The van der Waals surface area contributed by atoms with Gasteiger partial charge in [0.15, 0.2) is 0 Å². The Morgan fingerprint density at radius 2 is 2.00 bits per heavy atom. The average molecular weight is 425 g/mol. The molecule has 0 amide bonds. The first-order chi connectivity index (χ1) is 15.2. The highest BCUT2D eigenvalue weighted by atomic mass is 32.1. The molecule has 0 saturated heterocycles. The van der Waals surface area contributed by atoms with Gasteiger partial charge < -0.3 is 9.88 Å². The number of hydrogen-bond acceptors (Lipinski definition) is 3. The van der Waals surface area contributed by atoms with E-state index in [9.17, 15) is 4.79 Å². The molecule has 0 fully saturated rings. The molecule has 1 heterocycles. The second-order valence-corrected chi connectivity index (χ2v) is 9.38. The van der Waals surface area contributed by atoms with E-state index in [-0.39, 0.29) is 4.87 Å². The zero-order valence-electron chi connectivity index (χ0n) is 17.6. The van der Waals surface area contributed by atoms with Crippen molar-refractivity contribution in [1.82, 2.24) is 4.98 Å². The van der Waals surface area contributed by atoms with Crippen LogP contribution in [0.5, 0.6) is 0 Å². The molecule has 4 aromatic rings. The Labute approximate surface area is 185 Å². The summed E-state index contributed by atoms with van der Waals surface area (Å²) in [7, 11) is 0. The SMILES string of the molecule is CCN(c1ccc2[nH]c(=O)sc2c1)c1cccc2ccc3c(c12)CCC1=C3C=CCC1. The number of benzene rings is 3. The van der Waals surface area contributed by atoms with Crippen LogP contribution in [0.1, 0.15) is 37.3 Å². The summed E-state index contributed by atoms with van der Waals surface area (Å²) in [6.07, 6.45) is 9.29. The van der Waals surface area contributed by atoms with E-state index in [1.54, 1.807) is 5.57 Å². The van der Waals surface area contributed by atoms with Crippen molar-refractivity contribution in [3.05, 3.63) is 87.1 Å². The zero-order chi connectivity index (χ0) is 20.9. The summed E-state index contributed by atoms with van der Waals surface area (Å²) in [6, 6.07) is 17.5. The number of H-pyrrole nitrogens is 1. The molecule has 2 aliphatic carbocycles. The molecule has 0 saturated carbocycles. The molecular formula is C27H24N2OS. The fourth-order valence-electron chi connectivity index (χ4n) is 5.29. The predicted octanol–water partition coefficient (Wildman–Crippen LogP) is 6.95. The van der Waals surface area contributed by atoms with Crippen molar-refractivity contribution in [2.24, 2.45) is 0 Å². The molecular weight excluding hydrogens is 400 g/mol. The van der Waals surface area contributed by atoms with Crippen LogP contribution in [0.4, 0.5) is 11.4 Å². The second-order valence-electron chi connectivity index (χ2n) is 8.36. The van der Waals surface area contributed by atoms with Crippen molar-refractivity contribution >= 4 is 49.3 Å². The van der Waals surface area contributed by atoms with Gasteiger partial charge in [-0.2, -0.15) is 0 Å². The summed E-state index contributed by atoms with van der Waals surface area (Å²) in [4.78, 5) is 17.1. The van der Waals surface area contributed by atoms with Crippen LogP contribution in [0, 0.1) is 0 Å². The lowest BCUT2D eigenvalue weighted by molar-refractivity contribution is 0.831. The second kappa shape index (κ2) is 7.24. The van der Waals surface area contributed by atoms with Crippen LogP contribution in [0.3, 0.4) is 0 Å². The van der Waals surface area contributed by atoms with Crippen molar-refractivity contribution in [1.29, 1.82) is 0 Å². The van der Waals surface area contributed by atoms with E-state index in [0.717, 1.165) is 35.3 Å². The standard InChI is InChI=1S/C27H24N2OS/c1-2-29(19-12-15-23-25(16-19)31-27(30)28-23)24-9-5-7-18-11-13-21-20-8-4-3-6-17(20)10-14-22(21)26(18)24/h4-5,7-9,11-13,15-16H,2-3,6,10,14H2,1H3,(H,28,30). The van der Waals surface area contributed by atoms with Crippen LogP contribution < -0.4 is 9.77 Å². The summed E-state index contributed by atoms with van der Waals surface area (Å²) in [5.41, 5.74) is 9.25. The molecule has 6 rings (SSSR count). The number of anilines is 2. The van der Waals surface area contributed by atoms with Gasteiger partial charge in [-0.1, -0.05) is 53.3 Å². The smallest absolute Gasteiger partial charge is 0.305 e. The van der Waals surface area contributed by atoms with Gasteiger partial charge in [0.2, 0.25) is 0 Å². The lowest BCUT2D eigenvalue weighted by Gasteiger charge is -2.29. The molecule has 3 nitrogen and oxygen atoms in total. The van der Waals surface area contributed by atoms with Gasteiger partial charge in [0.1, 0.15) is 0 Å². The van der Waals surface area contributed by atoms with Crippen molar-refractivity contribution in [2.45, 2.75) is 32.6 Å². The fraction of sp³-hybridized carbons (Fsp3) is 0.222. The topological polar surface area (TPSA) is 36.1 Å². The first kappa shape index (κ1) is 18.6. The van der Waals surface area contributed by atoms with Crippen LogP contribution in [0.15, 0.2) is 71.1 Å². The highest BCUT2D eigenvalue weighted by Crippen LogP contribution is 2.43. The predicted molar refractivity (Wildman–Crippen MR) is 133 cm³/mol. The van der Waals surface area contributed by atoms with Gasteiger partial charge in [0.05, 0.1) is 10.2 Å². The normalized spacial score (nSPS) is 15.4. The molecule has 0 spiro atoms. The minimum Gasteiger partial charge on any atom is -0.341 e. The van der Waals surface area contributed by atoms with E-state index in [2.05, 4.69) is 71.4 Å². The molecule has 2 aliphatic rings. The Balaban J connectivity index is 1.57. The first-order valence-corrected chi connectivity index (χ1v) is 11.9. The highest BCUT2D eigenvalue weighted by molar-refractivity contribution is 7.16. The summed E-state index contributed by atoms with van der Waals surface area (Å²) in [5.74, 6) is 0. The van der Waals surface area contributed by atoms with E-state index in [0.29, 0.717) is 0 Å². The third-order valence-corrected chi connectivity index (χ3v) is 7.54. The molecule has 0 radical (unpaired) electrons. The number of fused-ring (bicyclic) bond motifs is 5. The summed E-state index contributed by atoms with van der Waals surface area (Å²) in [5, 5.41) is 2.67. The third-order valence-electron chi connectivity index (χ3n) is 6.70. The number of hydrogen-bond donors (Lipinski definition) is 1. The lowest BCUT2D eigenvalue weighted by atomic mass is 9.79. The summed E-state index contributed by atoms with van der Waals surface area (Å²) in [6.45, 7) is 3.06. The fourth-order valence-corrected chi connectivity index (χ4v) is 6.06. The maximum atomic E-state index is 11.8. The monoisotopic (exact) mass is 424 g/mol. The maximum absolute atomic E-state index is 11.8. The molecule has 0 atom stereocenters. The van der Waals surface area contributed by atoms with Gasteiger partial charge in [-0.3, -0.25) is 4.79 Å². The van der Waals surface area contributed by atoms with Gasteiger partial charge >= 0.3 is 4.87 Å². The van der Waals surface area contributed by atoms with Crippen LogP contribution in [0.2, 0.25) is 0 Å². The van der Waals surface area contributed by atoms with Crippen LogP contribution in [0.25, 0.3) is 26.6 Å². The average Bonchev–Trinajstić information content (AvgIpc) is 3.18. The number of thiazole rings is 1. The molecule has 31 heavy (non-hydrogen) atoms. The number of aryl methyl sites for hydroxylation is 1. The van der Waals surface area contributed by atoms with E-state index >= 15 is 0 Å². The minimum atomic E-state index is -0.000885. The number of allylic oxidation sites excluding steroid dienone is 4. The Morgan fingerprint density at radius 3 is 2.90 bits per heavy atom. The maximum Gasteiger partial charge on any atom is 0.305 e. The quantitative estimate of drug-likeness (QED) is 0.386. The molecule has 0 unspecified atom stereocenters. The molecule has 1 aromatic heterocycles. The van der Waals surface area contributed by atoms with Gasteiger partial charge in [-0.15, -0.1) is 0 Å². The lowest BCUT2D eigenvalue weighted by Crippen LogP contribution is -2.17. The van der Waals surface area contributed by atoms with E-state index in [4.69, 9.17) is 0 Å². The van der Waals surface area contributed by atoms with E-state index in [1.165, 1.54) is 57.3 Å². The van der Waals surface area contributed by atoms with Crippen molar-refractivity contribution < 1.29 is 0 Å². The number of aromatic amines is 1. The minimum absolute atomic E-state index is 0.000885. The Kier molecular flexibility index (Phi) is 4.35. The van der Waals surface area contributed by atoms with Crippen LogP contribution >= 0.6 is 11.3 Å². The van der Waals surface area contributed by atoms with Crippen molar-refractivity contribution in [3.8, 4) is 0 Å². The van der Waals surface area contributed by atoms with Gasteiger partial charge in [-0.05, 0) is 79.0 Å². The zero-order valence-corrected chi connectivity index (χ0v) is 18.4. The molecule has 0 bridgehead atoms. The van der Waals surface area contributed by atoms with Crippen LogP contribution in [-0.2, 0) is 6.42 Å². The van der Waals surface area contributed by atoms with Crippen molar-refractivity contribution in [2.75, 3.05) is 11.4 Å². The van der Waals surface area contributed by atoms with Gasteiger partial charge in [-0.25, -0.2) is 0 Å². The van der Waals surface area contributed by atoms with E-state index < -0.39 is 0 Å². The summed E-state index contributed by atoms with van der Waals surface area (Å²) < 4.78 is 1.00. The van der Waals surface area contributed by atoms with Gasteiger partial charge in [0, 0.05) is 23.3 Å². The molecule has 0 aliphatic heterocycles. The Bertz CT molecular complexity index is 1450. The number of nitrogens with zero attached hydrogens (tertiary/aromatic N) is 1. The van der Waals surface area contributed by atoms with Crippen molar-refractivity contribution in [3.63, 3.8) is 0 Å². The highest BCUT2D eigenvalue weighted by Gasteiger charge is 2.23. The summed E-state index contributed by atoms with van der Waals surface area (Å²) >= 11 is 1.28. The Hall–Kier alpha value is -3.11. The number of rotatable bonds is 3. The third kappa shape index (κ3) is 2.97. The Morgan fingerprint density at radius 1 is 1.06 bits per heavy atom.